The molecule has 2 aromatic carbocycles. The maximum atomic E-state index is 12.2. The van der Waals surface area contributed by atoms with Crippen LogP contribution in [0.2, 0.25) is 0 Å². The highest BCUT2D eigenvalue weighted by Gasteiger charge is 2.27. The number of ether oxygens (including phenoxy) is 3. The van der Waals surface area contributed by atoms with E-state index in [1.54, 1.807) is 17.5 Å². The van der Waals surface area contributed by atoms with Crippen molar-refractivity contribution in [3.05, 3.63) is 53.0 Å². The van der Waals surface area contributed by atoms with Crippen molar-refractivity contribution >= 4 is 28.2 Å². The molecule has 1 amide bonds. The molecule has 146 valence electrons. The van der Waals surface area contributed by atoms with Crippen LogP contribution in [0.15, 0.2) is 47.3 Å². The Kier molecular flexibility index (Phi) is 5.62. The second kappa shape index (κ2) is 8.48. The smallest absolute Gasteiger partial charge is 0.410 e. The van der Waals surface area contributed by atoms with Gasteiger partial charge >= 0.3 is 6.09 Å². The Morgan fingerprint density at radius 2 is 2.00 bits per heavy atom. The first-order valence-electron chi connectivity index (χ1n) is 9.20. The third-order valence-electron chi connectivity index (χ3n) is 4.88. The average molecular weight is 398 g/mol. The number of rotatable bonds is 6. The minimum atomic E-state index is -0.282. The molecule has 1 aromatic heterocycles. The van der Waals surface area contributed by atoms with Crippen molar-refractivity contribution in [3.8, 4) is 11.5 Å². The number of carbonyl (C=O) groups is 1. The molecular weight excluding hydrogens is 376 g/mol. The maximum absolute atomic E-state index is 12.2. The number of amides is 1. The second-order valence-electron chi connectivity index (χ2n) is 6.82. The predicted molar refractivity (Wildman–Crippen MR) is 108 cm³/mol. The third kappa shape index (κ3) is 4.36. The van der Waals surface area contributed by atoms with Crippen LogP contribution >= 0.6 is 11.3 Å². The van der Waals surface area contributed by atoms with Crippen molar-refractivity contribution in [3.63, 3.8) is 0 Å². The molecule has 0 N–H and O–H groups in total. The summed E-state index contributed by atoms with van der Waals surface area (Å²) in [4.78, 5) is 18.1. The van der Waals surface area contributed by atoms with Gasteiger partial charge in [0.05, 0.1) is 24.9 Å². The van der Waals surface area contributed by atoms with E-state index in [9.17, 15) is 4.79 Å². The van der Waals surface area contributed by atoms with Crippen molar-refractivity contribution in [2.75, 3.05) is 26.8 Å². The maximum Gasteiger partial charge on any atom is 0.410 e. The summed E-state index contributed by atoms with van der Waals surface area (Å²) < 4.78 is 16.6. The SMILES string of the molecule is COc1ccc2cc(OCC3CCN(C(=O)OCc4cscn4)C3)ccc2c1. The summed E-state index contributed by atoms with van der Waals surface area (Å²) in [5.74, 6) is 1.98. The lowest BCUT2D eigenvalue weighted by Crippen LogP contribution is -2.30. The lowest BCUT2D eigenvalue weighted by Gasteiger charge is -2.16. The first-order chi connectivity index (χ1) is 13.7. The van der Waals surface area contributed by atoms with Crippen molar-refractivity contribution in [1.82, 2.24) is 9.88 Å². The number of likely N-dealkylation sites (tertiary alicyclic amines) is 1. The topological polar surface area (TPSA) is 60.9 Å². The van der Waals surface area contributed by atoms with Crippen molar-refractivity contribution < 1.29 is 19.0 Å². The normalized spacial score (nSPS) is 16.3. The highest BCUT2D eigenvalue weighted by molar-refractivity contribution is 7.07. The quantitative estimate of drug-likeness (QED) is 0.618. The van der Waals surface area contributed by atoms with Gasteiger partial charge in [-0.2, -0.15) is 0 Å². The van der Waals surface area contributed by atoms with E-state index in [4.69, 9.17) is 14.2 Å². The van der Waals surface area contributed by atoms with E-state index in [1.807, 2.05) is 41.8 Å². The van der Waals surface area contributed by atoms with E-state index in [0.717, 1.165) is 34.4 Å². The zero-order valence-electron chi connectivity index (χ0n) is 15.7. The number of methoxy groups -OCH3 is 1. The summed E-state index contributed by atoms with van der Waals surface area (Å²) >= 11 is 1.49. The van der Waals surface area contributed by atoms with Crippen LogP contribution in [0.4, 0.5) is 4.79 Å². The van der Waals surface area contributed by atoms with Gasteiger partial charge in [-0.15, -0.1) is 11.3 Å². The molecule has 2 heterocycles. The first-order valence-corrected chi connectivity index (χ1v) is 10.1. The van der Waals surface area contributed by atoms with Gasteiger partial charge in [0, 0.05) is 24.4 Å². The van der Waals surface area contributed by atoms with Gasteiger partial charge in [-0.1, -0.05) is 12.1 Å². The predicted octanol–water partition coefficient (Wildman–Crippen LogP) is 4.34. The van der Waals surface area contributed by atoms with Gasteiger partial charge in [0.2, 0.25) is 0 Å². The molecular formula is C21H22N2O4S. The summed E-state index contributed by atoms with van der Waals surface area (Å²) in [6.45, 7) is 2.15. The molecule has 0 bridgehead atoms. The molecule has 1 fully saturated rings. The van der Waals surface area contributed by atoms with Crippen molar-refractivity contribution in [2.24, 2.45) is 5.92 Å². The van der Waals surface area contributed by atoms with Crippen LogP contribution in [-0.2, 0) is 11.3 Å². The van der Waals surface area contributed by atoms with Crippen LogP contribution in [0.1, 0.15) is 12.1 Å². The fraction of sp³-hybridized carbons (Fsp3) is 0.333. The summed E-state index contributed by atoms with van der Waals surface area (Å²) in [7, 11) is 1.67. The number of aromatic nitrogens is 1. The molecule has 0 aliphatic carbocycles. The highest BCUT2D eigenvalue weighted by Crippen LogP contribution is 2.26. The summed E-state index contributed by atoms with van der Waals surface area (Å²) in [5, 5.41) is 4.10. The van der Waals surface area contributed by atoms with E-state index in [2.05, 4.69) is 4.98 Å². The van der Waals surface area contributed by atoms with E-state index in [0.29, 0.717) is 25.6 Å². The zero-order chi connectivity index (χ0) is 19.3. The van der Waals surface area contributed by atoms with Crippen molar-refractivity contribution in [1.29, 1.82) is 0 Å². The van der Waals surface area contributed by atoms with Crippen LogP contribution in [0, 0.1) is 5.92 Å². The molecule has 1 unspecified atom stereocenters. The Morgan fingerprint density at radius 3 is 2.75 bits per heavy atom. The number of benzene rings is 2. The summed E-state index contributed by atoms with van der Waals surface area (Å²) in [5.41, 5.74) is 2.52. The minimum absolute atomic E-state index is 0.224. The molecule has 0 saturated carbocycles. The summed E-state index contributed by atoms with van der Waals surface area (Å²) in [6.07, 6.45) is 0.631. The molecule has 28 heavy (non-hydrogen) atoms. The van der Waals surface area contributed by atoms with Crippen LogP contribution in [-0.4, -0.2) is 42.8 Å². The summed E-state index contributed by atoms with van der Waals surface area (Å²) in [6, 6.07) is 12.0. The number of fused-ring (bicyclic) bond motifs is 1. The minimum Gasteiger partial charge on any atom is -0.497 e. The Balaban J connectivity index is 1.27. The van der Waals surface area contributed by atoms with Gasteiger partial charge in [-0.25, -0.2) is 9.78 Å². The van der Waals surface area contributed by atoms with Crippen LogP contribution < -0.4 is 9.47 Å². The molecule has 1 aliphatic rings. The molecule has 4 rings (SSSR count). The van der Waals surface area contributed by atoms with Gasteiger partial charge in [0.15, 0.2) is 0 Å². The standard InChI is InChI=1S/C21H22N2O4S/c1-25-19-4-2-17-9-20(5-3-16(17)8-19)26-11-15-6-7-23(10-15)21(24)27-12-18-13-28-14-22-18/h2-5,8-9,13-15H,6-7,10-12H2,1H3. The molecule has 3 aromatic rings. The number of hydrogen-bond acceptors (Lipinski definition) is 6. The Labute approximate surface area is 167 Å². The van der Waals surface area contributed by atoms with Crippen LogP contribution in [0.3, 0.4) is 0 Å². The first kappa shape index (κ1) is 18.6. The van der Waals surface area contributed by atoms with Crippen molar-refractivity contribution in [2.45, 2.75) is 13.0 Å². The van der Waals surface area contributed by atoms with E-state index in [1.165, 1.54) is 11.3 Å². The third-order valence-corrected chi connectivity index (χ3v) is 5.51. The Morgan fingerprint density at radius 1 is 1.21 bits per heavy atom. The van der Waals surface area contributed by atoms with Gasteiger partial charge in [0.1, 0.15) is 18.1 Å². The number of carbonyl (C=O) groups excluding carboxylic acids is 1. The monoisotopic (exact) mass is 398 g/mol. The van der Waals surface area contributed by atoms with E-state index < -0.39 is 0 Å². The lowest BCUT2D eigenvalue weighted by atomic mass is 10.1. The zero-order valence-corrected chi connectivity index (χ0v) is 16.5. The average Bonchev–Trinajstić information content (AvgIpc) is 3.42. The van der Waals surface area contributed by atoms with E-state index in [-0.39, 0.29) is 12.7 Å². The Bertz CT molecular complexity index is 945. The molecule has 6 nitrogen and oxygen atoms in total. The molecule has 1 saturated heterocycles. The van der Waals surface area contributed by atoms with Gasteiger partial charge in [0.25, 0.3) is 0 Å². The van der Waals surface area contributed by atoms with Gasteiger partial charge < -0.3 is 19.1 Å². The highest BCUT2D eigenvalue weighted by atomic mass is 32.1. The Hall–Kier alpha value is -2.80. The fourth-order valence-corrected chi connectivity index (χ4v) is 3.85. The van der Waals surface area contributed by atoms with Crippen LogP contribution in [0.5, 0.6) is 11.5 Å². The van der Waals surface area contributed by atoms with Gasteiger partial charge in [-0.05, 0) is 41.5 Å². The second-order valence-corrected chi connectivity index (χ2v) is 7.54. The van der Waals surface area contributed by atoms with Gasteiger partial charge in [-0.3, -0.25) is 0 Å². The molecule has 0 radical (unpaired) electrons. The van der Waals surface area contributed by atoms with E-state index >= 15 is 0 Å². The molecule has 1 atom stereocenters. The number of hydrogen-bond donors (Lipinski definition) is 0. The molecule has 7 heteroatoms. The lowest BCUT2D eigenvalue weighted by molar-refractivity contribution is 0.101. The number of thiazole rings is 1. The van der Waals surface area contributed by atoms with Crippen LogP contribution in [0.25, 0.3) is 10.8 Å². The largest absolute Gasteiger partial charge is 0.497 e. The molecule has 1 aliphatic heterocycles. The fourth-order valence-electron chi connectivity index (χ4n) is 3.30. The molecule has 0 spiro atoms. The number of nitrogens with zero attached hydrogens (tertiary/aromatic N) is 2.